The maximum atomic E-state index is 13.2. The average Bonchev–Trinajstić information content (AvgIpc) is 3.06. The highest BCUT2D eigenvalue weighted by Crippen LogP contribution is 2.47. The largest absolute Gasteiger partial charge is 0.350 e. The molecule has 0 radical (unpaired) electrons. The number of H-pyrrole nitrogens is 1. The van der Waals surface area contributed by atoms with Crippen LogP contribution in [0, 0.1) is 0 Å². The van der Waals surface area contributed by atoms with Gasteiger partial charge in [-0.05, 0) is 34.9 Å². The van der Waals surface area contributed by atoms with Crippen LogP contribution in [0.15, 0.2) is 65.6 Å². The van der Waals surface area contributed by atoms with Crippen LogP contribution in [-0.2, 0) is 0 Å². The van der Waals surface area contributed by atoms with Crippen molar-refractivity contribution in [3.63, 3.8) is 0 Å². The topological polar surface area (TPSA) is 32.9 Å². The lowest BCUT2D eigenvalue weighted by atomic mass is 9.86. The van der Waals surface area contributed by atoms with Crippen molar-refractivity contribution in [1.82, 2.24) is 4.98 Å². The Morgan fingerprint density at radius 1 is 0.885 bits per heavy atom. The first-order valence-electron chi connectivity index (χ1n) is 8.31. The third-order valence-electron chi connectivity index (χ3n) is 4.94. The number of benzene rings is 3. The number of carbonyl (C=O) groups is 1. The second-order valence-corrected chi connectivity index (χ2v) is 7.58. The summed E-state index contributed by atoms with van der Waals surface area (Å²) in [4.78, 5) is 17.7. The number of nitrogens with one attached hydrogen (secondary N) is 1. The van der Waals surface area contributed by atoms with Crippen molar-refractivity contribution in [1.29, 1.82) is 0 Å². The molecule has 1 aromatic heterocycles. The average molecular weight is 376 g/mol. The van der Waals surface area contributed by atoms with Gasteiger partial charge in [-0.1, -0.05) is 60.1 Å². The van der Waals surface area contributed by atoms with E-state index in [1.54, 1.807) is 11.8 Å². The molecule has 2 nitrogen and oxygen atoms in total. The van der Waals surface area contributed by atoms with Gasteiger partial charge >= 0.3 is 0 Å². The van der Waals surface area contributed by atoms with Gasteiger partial charge in [0.15, 0.2) is 0 Å². The summed E-state index contributed by atoms with van der Waals surface area (Å²) in [5.41, 5.74) is 5.56. The summed E-state index contributed by atoms with van der Waals surface area (Å²) in [5, 5.41) is 2.84. The predicted octanol–water partition coefficient (Wildman–Crippen LogP) is 6.42. The Balaban J connectivity index is 1.87. The van der Waals surface area contributed by atoms with Gasteiger partial charge in [-0.3, -0.25) is 4.79 Å². The summed E-state index contributed by atoms with van der Waals surface area (Å²) in [6.45, 7) is 0. The Bertz CT molecular complexity index is 1190. The van der Waals surface area contributed by atoms with Crippen LogP contribution >= 0.6 is 23.4 Å². The maximum Gasteiger partial charge on any atom is 0.210 e. The zero-order valence-electron chi connectivity index (χ0n) is 14.0. The summed E-state index contributed by atoms with van der Waals surface area (Å²) >= 11 is 7.70. The van der Waals surface area contributed by atoms with E-state index in [4.69, 9.17) is 11.6 Å². The van der Waals surface area contributed by atoms with E-state index in [0.29, 0.717) is 10.7 Å². The molecule has 4 heteroatoms. The number of ketones is 1. The molecule has 1 aliphatic rings. The molecule has 0 aliphatic heterocycles. The highest BCUT2D eigenvalue weighted by molar-refractivity contribution is 7.98. The zero-order valence-corrected chi connectivity index (χ0v) is 15.5. The van der Waals surface area contributed by atoms with Gasteiger partial charge in [-0.2, -0.15) is 0 Å². The molecule has 0 spiro atoms. The number of hydrogen-bond donors (Lipinski definition) is 1. The van der Waals surface area contributed by atoms with E-state index in [2.05, 4.69) is 29.2 Å². The molecule has 0 bridgehead atoms. The van der Waals surface area contributed by atoms with Gasteiger partial charge in [-0.25, -0.2) is 0 Å². The highest BCUT2D eigenvalue weighted by atomic mass is 35.5. The maximum absolute atomic E-state index is 13.2. The first kappa shape index (κ1) is 15.7. The van der Waals surface area contributed by atoms with Gasteiger partial charge in [-0.15, -0.1) is 11.8 Å². The van der Waals surface area contributed by atoms with Crippen LogP contribution in [0.2, 0.25) is 5.02 Å². The van der Waals surface area contributed by atoms with Gasteiger partial charge in [0, 0.05) is 26.4 Å². The summed E-state index contributed by atoms with van der Waals surface area (Å²) in [5.74, 6) is 0.0554. The van der Waals surface area contributed by atoms with E-state index in [9.17, 15) is 4.79 Å². The van der Waals surface area contributed by atoms with Crippen LogP contribution in [0.3, 0.4) is 0 Å². The number of rotatable bonds is 2. The molecule has 5 rings (SSSR count). The number of thioether (sulfide) groups is 1. The van der Waals surface area contributed by atoms with Crippen molar-refractivity contribution in [2.24, 2.45) is 0 Å². The molecular formula is C22H14ClNOS. The zero-order chi connectivity index (χ0) is 17.8. The Hall–Kier alpha value is -2.49. The fraction of sp³-hybridized carbons (Fsp3) is 0.0455. The van der Waals surface area contributed by atoms with E-state index in [1.165, 1.54) is 0 Å². The Labute approximate surface area is 160 Å². The van der Waals surface area contributed by atoms with E-state index < -0.39 is 0 Å². The predicted molar refractivity (Wildman–Crippen MR) is 109 cm³/mol. The lowest BCUT2D eigenvalue weighted by molar-refractivity contribution is 0.103. The molecule has 0 amide bonds. The highest BCUT2D eigenvalue weighted by Gasteiger charge is 2.31. The fourth-order valence-corrected chi connectivity index (χ4v) is 4.72. The second kappa shape index (κ2) is 5.76. The minimum absolute atomic E-state index is 0.0554. The molecule has 26 heavy (non-hydrogen) atoms. The molecule has 0 saturated carbocycles. The molecule has 4 aromatic rings. The van der Waals surface area contributed by atoms with E-state index in [0.717, 1.165) is 43.6 Å². The molecule has 0 atom stereocenters. The summed E-state index contributed by atoms with van der Waals surface area (Å²) in [7, 11) is 0. The standard InChI is InChI=1S/C22H14ClNOS/c1-26-22-18-15-6-2-4-12-5-3-7-16(17(12)15)21(25)20(18)24-19(22)13-8-10-14(23)11-9-13/h2-11,24H,1H3. The van der Waals surface area contributed by atoms with E-state index >= 15 is 0 Å². The van der Waals surface area contributed by atoms with Gasteiger partial charge in [0.2, 0.25) is 5.78 Å². The number of aromatic nitrogens is 1. The quantitative estimate of drug-likeness (QED) is 0.361. The van der Waals surface area contributed by atoms with Crippen LogP contribution in [-0.4, -0.2) is 17.0 Å². The lowest BCUT2D eigenvalue weighted by Crippen LogP contribution is -2.09. The van der Waals surface area contributed by atoms with Crippen molar-refractivity contribution < 1.29 is 4.79 Å². The molecule has 126 valence electrons. The number of fused-ring (bicyclic) bond motifs is 2. The van der Waals surface area contributed by atoms with E-state index in [-0.39, 0.29) is 5.78 Å². The van der Waals surface area contributed by atoms with Crippen LogP contribution in [0.1, 0.15) is 16.1 Å². The number of carbonyl (C=O) groups excluding carboxylic acids is 1. The first-order valence-corrected chi connectivity index (χ1v) is 9.92. The smallest absolute Gasteiger partial charge is 0.210 e. The van der Waals surface area contributed by atoms with Crippen molar-refractivity contribution in [2.75, 3.05) is 6.26 Å². The first-order chi connectivity index (χ1) is 12.7. The molecule has 0 saturated heterocycles. The fourth-order valence-electron chi connectivity index (χ4n) is 3.81. The molecular weight excluding hydrogens is 362 g/mol. The van der Waals surface area contributed by atoms with Gasteiger partial charge < -0.3 is 4.98 Å². The molecule has 0 fully saturated rings. The van der Waals surface area contributed by atoms with Gasteiger partial charge in [0.05, 0.1) is 11.4 Å². The third kappa shape index (κ3) is 2.11. The van der Waals surface area contributed by atoms with Crippen LogP contribution in [0.5, 0.6) is 0 Å². The Morgan fingerprint density at radius 3 is 2.27 bits per heavy atom. The third-order valence-corrected chi connectivity index (χ3v) is 6.01. The summed E-state index contributed by atoms with van der Waals surface area (Å²) < 4.78 is 0. The molecule has 3 aromatic carbocycles. The molecule has 1 N–H and O–H groups in total. The molecule has 1 aliphatic carbocycles. The van der Waals surface area contributed by atoms with Crippen molar-refractivity contribution >= 4 is 39.9 Å². The minimum Gasteiger partial charge on any atom is -0.350 e. The lowest BCUT2D eigenvalue weighted by Gasteiger charge is -2.17. The molecule has 1 heterocycles. The number of halogens is 1. The Morgan fingerprint density at radius 2 is 1.58 bits per heavy atom. The van der Waals surface area contributed by atoms with E-state index in [1.807, 2.05) is 42.7 Å². The number of aromatic amines is 1. The second-order valence-electron chi connectivity index (χ2n) is 6.33. The minimum atomic E-state index is 0.0554. The van der Waals surface area contributed by atoms with Crippen LogP contribution in [0.4, 0.5) is 0 Å². The van der Waals surface area contributed by atoms with Gasteiger partial charge in [0.25, 0.3) is 0 Å². The normalized spacial score (nSPS) is 12.5. The Kier molecular flexibility index (Phi) is 3.49. The SMILES string of the molecule is CSc1c(-c2ccc(Cl)cc2)[nH]c2c1-c1cccc3cccc(c13)C2=O. The van der Waals surface area contributed by atoms with Crippen LogP contribution < -0.4 is 0 Å². The van der Waals surface area contributed by atoms with Gasteiger partial charge in [0.1, 0.15) is 0 Å². The van der Waals surface area contributed by atoms with Crippen molar-refractivity contribution in [3.8, 4) is 22.4 Å². The van der Waals surface area contributed by atoms with Crippen LogP contribution in [0.25, 0.3) is 33.2 Å². The summed E-state index contributed by atoms with van der Waals surface area (Å²) in [6.07, 6.45) is 2.05. The number of hydrogen-bond acceptors (Lipinski definition) is 2. The van der Waals surface area contributed by atoms with Crippen molar-refractivity contribution in [3.05, 3.63) is 76.9 Å². The molecule has 0 unspecified atom stereocenters. The summed E-state index contributed by atoms with van der Waals surface area (Å²) in [6, 6.07) is 19.9. The monoisotopic (exact) mass is 375 g/mol. The van der Waals surface area contributed by atoms with Crippen molar-refractivity contribution in [2.45, 2.75) is 4.90 Å².